The normalized spacial score (nSPS) is 11.5. The molecule has 9 aromatic carbocycles. The first-order chi connectivity index (χ1) is 71.6. The second-order valence-corrected chi connectivity index (χ2v) is 44.0. The average molecular weight is 2320 g/mol. The van der Waals surface area contributed by atoms with Gasteiger partial charge in [0.25, 0.3) is 0 Å². The number of hydrogen-bond donors (Lipinski definition) is 0. The Morgan fingerprint density at radius 3 is 0.707 bits per heavy atom. The second kappa shape index (κ2) is 127. The summed E-state index contributed by atoms with van der Waals surface area (Å²) in [6, 6.07) is 89.5. The van der Waals surface area contributed by atoms with E-state index in [2.05, 4.69) is 168 Å². The molecular formula is C119H229F9O11Si11. The van der Waals surface area contributed by atoms with Crippen molar-refractivity contribution in [3.63, 3.8) is 0 Å². The van der Waals surface area contributed by atoms with E-state index in [1.165, 1.54) is 150 Å². The van der Waals surface area contributed by atoms with Crippen LogP contribution in [0.2, 0.25) is 96.7 Å². The molecule has 2 unspecified atom stereocenters. The van der Waals surface area contributed by atoms with E-state index in [1.54, 1.807) is 0 Å². The van der Waals surface area contributed by atoms with Gasteiger partial charge in [0.1, 0.15) is 79.8 Å². The van der Waals surface area contributed by atoms with Gasteiger partial charge in [-0.2, -0.15) is 0 Å². The van der Waals surface area contributed by atoms with Crippen LogP contribution in [0.1, 0.15) is 216 Å². The van der Waals surface area contributed by atoms with E-state index in [1.807, 2.05) is 335 Å². The van der Waals surface area contributed by atoms with E-state index in [4.69, 9.17) is 51.5 Å². The number of hydrogen-bond acceptors (Lipinski definition) is 11. The van der Waals surface area contributed by atoms with Crippen molar-refractivity contribution in [1.82, 2.24) is 0 Å². The van der Waals surface area contributed by atoms with Crippen LogP contribution in [0.15, 0.2) is 273 Å². The van der Waals surface area contributed by atoms with Crippen molar-refractivity contribution in [3.8, 4) is 51.7 Å². The van der Waals surface area contributed by atoms with Gasteiger partial charge in [-0.3, -0.25) is 39.5 Å². The third-order valence-electron chi connectivity index (χ3n) is 18.0. The number of ether oxygens (including phenoxy) is 9. The number of halogens is 9. The van der Waals surface area contributed by atoms with Gasteiger partial charge in [-0.15, -0.1) is 0 Å². The first-order valence-corrected chi connectivity index (χ1v) is 78.3. The van der Waals surface area contributed by atoms with Crippen LogP contribution in [0.25, 0.3) is 0 Å². The molecule has 11 nitrogen and oxygen atoms in total. The highest BCUT2D eigenvalue weighted by Crippen LogP contribution is 2.38. The Kier molecular flexibility index (Phi) is 151. The van der Waals surface area contributed by atoms with Crippen molar-refractivity contribution in [2.45, 2.75) is 358 Å². The molecule has 0 saturated heterocycles. The van der Waals surface area contributed by atoms with Crippen molar-refractivity contribution in [1.29, 1.82) is 0 Å². The van der Waals surface area contributed by atoms with Gasteiger partial charge in [-0.05, 0) is 407 Å². The highest BCUT2D eigenvalue weighted by Gasteiger charge is 2.39. The monoisotopic (exact) mass is 2310 g/mol. The van der Waals surface area contributed by atoms with Crippen molar-refractivity contribution < 1.29 is 91.0 Å². The summed E-state index contributed by atoms with van der Waals surface area (Å²) in [5.41, 5.74) is -0.187. The summed E-state index contributed by atoms with van der Waals surface area (Å²) in [5, 5.41) is 0.267. The fourth-order valence-electron chi connectivity index (χ4n) is 11.3. The quantitative estimate of drug-likeness (QED) is 0.0348. The van der Waals surface area contributed by atoms with Crippen molar-refractivity contribution >= 4 is 109 Å². The zero-order chi connectivity index (χ0) is 121. The maximum atomic E-state index is 9.50. The summed E-state index contributed by atoms with van der Waals surface area (Å²) in [5.74, 6) is 8.53. The van der Waals surface area contributed by atoms with Crippen LogP contribution in [-0.2, 0) is 9.47 Å². The van der Waals surface area contributed by atoms with Crippen LogP contribution in [0.4, 0.5) is 39.5 Å². The molecule has 11 rings (SSSR count). The molecular weight excluding hydrogens is 2090 g/mol. The van der Waals surface area contributed by atoms with E-state index in [0.29, 0.717) is 71.2 Å². The van der Waals surface area contributed by atoms with Gasteiger partial charge in [0, 0.05) is 6.61 Å². The van der Waals surface area contributed by atoms with E-state index in [9.17, 15) is 39.5 Å². The molecule has 2 atom stereocenters. The van der Waals surface area contributed by atoms with Crippen LogP contribution in [0.3, 0.4) is 0 Å². The molecule has 2 aliphatic carbocycles. The van der Waals surface area contributed by atoms with E-state index in [0.717, 1.165) is 71.0 Å². The van der Waals surface area contributed by atoms with Gasteiger partial charge in [0.2, 0.25) is 16.6 Å². The molecule has 150 heavy (non-hydrogen) atoms. The average Bonchev–Trinajstić information content (AvgIpc) is 0.958. The van der Waals surface area contributed by atoms with E-state index >= 15 is 0 Å². The lowest BCUT2D eigenvalue weighted by Crippen LogP contribution is -2.43. The third kappa shape index (κ3) is 121. The lowest BCUT2D eigenvalue weighted by atomic mass is 9.86. The molecule has 0 aromatic heterocycles. The molecule has 878 valence electrons. The second-order valence-electron chi connectivity index (χ2n) is 34.9. The zero-order valence-corrected chi connectivity index (χ0v) is 125. The maximum Gasteiger partial charge on any atom is 0.250 e. The standard InChI is InChI=1S/C13H18O.C12H18O2.C12H20OSi.C12H16O.C12H18O.C11H16O.C10H14O2.C10H14O.C9H14OSi.9CH3F.9CH6Si/c1-13(10-6-3-7-11-13)14-12-8-4-2-5-9-12;1-10(14-12(2,3)4)13-11-8-6-5-7-9-11;1-12(2,3)14(4,5)13-11-9-7-6-8-10-11;1-12(9-5-6-10-12)13-11-7-3-2-4-8-11;1-4-10-12(2,3)13-11-8-6-5-7-9-11;1-4-11(2,3)12-10-8-6-5-7-9-10;1-3-11-9(2)12-10-7-5-4-6-8-10;1-10(2,3)11-9-7-5-4-6-8-9;1-11(2,3)10-9-7-5-4-6-8-9;18*1-2/h2,4-5,8-9H,3,6-7,10-11H2,1H3;5-10H,1-4H3;6-10H,1-5H3;2-4,7-8H,5-6,9-10H2,1H3;5-9H,4,10H2,1-3H3;5-9H,4H2,1-3H3;4-9H,3H2,1-2H3;2*4-8H,1-3H3;9*1H3;9*1-2H3. The molecule has 31 heteroatoms. The SMILES string of the molecule is CC(C)(C)Oc1ccccc1.CC(C)(C)[Si](C)(C)Oc1ccccc1.CC(Oc1ccccc1)OC(C)(C)C.CC1(Oc2ccccc2)CCCC1.CC1(Oc2ccccc2)CCCCC1.CCC(C)(C)Oc1ccccc1.CCCC(C)(C)Oc1ccccc1.CCOC(C)Oc1ccccc1.CF.CF.CF.CF.CF.CF.CF.CF.CF.C[SiH3].C[SiH3].C[SiH3].C[SiH3].C[SiH3].C[SiH3].C[SiH3].C[SiH3].C[SiH3].C[Si](C)(C)Oc1ccccc1. The minimum atomic E-state index is -1.65. The zero-order valence-electron chi connectivity index (χ0n) is 105. The molecule has 0 N–H and O–H groups in total. The molecule has 0 bridgehead atoms. The number of alkyl halides is 9. The Hall–Kier alpha value is -7.14. The maximum absolute atomic E-state index is 9.50. The molecule has 0 amide bonds. The summed E-state index contributed by atoms with van der Waals surface area (Å²) in [6.45, 7) is 72.9. The molecule has 2 aliphatic rings. The minimum Gasteiger partial charge on any atom is -0.544 e. The molecule has 9 aromatic rings. The molecule has 0 radical (unpaired) electrons. The highest BCUT2D eigenvalue weighted by molar-refractivity contribution is 6.74. The van der Waals surface area contributed by atoms with Crippen LogP contribution < -0.4 is 42.0 Å². The molecule has 2 saturated carbocycles. The number of benzene rings is 9. The van der Waals surface area contributed by atoms with Crippen LogP contribution in [0.5, 0.6) is 51.7 Å². The van der Waals surface area contributed by atoms with Gasteiger partial charge in [-0.25, -0.2) is 0 Å². The minimum absolute atomic E-state index is 0.0455. The van der Waals surface area contributed by atoms with Gasteiger partial charge < -0.3 is 51.5 Å². The Bertz CT molecular complexity index is 3820. The Labute approximate surface area is 947 Å². The lowest BCUT2D eigenvalue weighted by molar-refractivity contribution is -0.140. The Morgan fingerprint density at radius 2 is 0.487 bits per heavy atom. The summed E-state index contributed by atoms with van der Waals surface area (Å²) in [7, 11) is 13.2. The van der Waals surface area contributed by atoms with Crippen LogP contribution >= 0.6 is 0 Å². The van der Waals surface area contributed by atoms with Crippen LogP contribution in [-0.4, -0.2) is 226 Å². The Balaban J connectivity index is -0.0000000926. The van der Waals surface area contributed by atoms with Gasteiger partial charge in [0.15, 0.2) is 12.6 Å². The summed E-state index contributed by atoms with van der Waals surface area (Å²) in [6.07, 6.45) is 14.2. The summed E-state index contributed by atoms with van der Waals surface area (Å²) in [4.78, 5) is 0. The smallest absolute Gasteiger partial charge is 0.250 e. The Morgan fingerprint density at radius 1 is 0.273 bits per heavy atom. The first kappa shape index (κ1) is 179. The molecule has 0 aliphatic heterocycles. The number of rotatable bonds is 23. The lowest BCUT2D eigenvalue weighted by Gasteiger charge is -2.36. The van der Waals surface area contributed by atoms with Gasteiger partial charge in [-0.1, -0.05) is 270 Å². The molecule has 0 spiro atoms. The van der Waals surface area contributed by atoms with Gasteiger partial charge >= 0.3 is 0 Å². The molecule has 0 heterocycles. The fraction of sp³-hybridized carbons (Fsp3) is 0.546. The third-order valence-corrected chi connectivity index (χ3v) is 23.2. The van der Waals surface area contributed by atoms with E-state index in [-0.39, 0.29) is 51.2 Å². The summed E-state index contributed by atoms with van der Waals surface area (Å²) < 4.78 is 148. The van der Waals surface area contributed by atoms with Crippen LogP contribution in [0, 0.1) is 0 Å². The summed E-state index contributed by atoms with van der Waals surface area (Å²) >= 11 is 0. The fourth-order valence-corrected chi connectivity index (χ4v) is 13.2. The largest absolute Gasteiger partial charge is 0.544 e. The van der Waals surface area contributed by atoms with Crippen molar-refractivity contribution in [3.05, 3.63) is 273 Å². The first-order valence-electron chi connectivity index (χ1n) is 53.9. The highest BCUT2D eigenvalue weighted by atomic mass is 28.4. The predicted octanol–water partition coefficient (Wildman–Crippen LogP) is 29.5. The number of para-hydroxylation sites is 9. The predicted molar refractivity (Wildman–Crippen MR) is 693 cm³/mol. The molecule has 2 fully saturated rings. The van der Waals surface area contributed by atoms with Crippen molar-refractivity contribution in [2.75, 3.05) is 71.2 Å². The van der Waals surface area contributed by atoms with Crippen molar-refractivity contribution in [2.24, 2.45) is 0 Å². The van der Waals surface area contributed by atoms with Gasteiger partial charge in [0.05, 0.1) is 70.2 Å². The topological polar surface area (TPSA) is 102 Å². The van der Waals surface area contributed by atoms with E-state index < -0.39 is 16.6 Å².